The van der Waals surface area contributed by atoms with Gasteiger partial charge in [-0.25, -0.2) is 0 Å². The molecule has 4 N–H and O–H groups in total. The maximum atomic E-state index is 12.4. The van der Waals surface area contributed by atoms with Gasteiger partial charge in [-0.3, -0.25) is 19.2 Å². The third-order valence-electron chi connectivity index (χ3n) is 4.17. The number of ether oxygens (including phenoxy) is 2. The van der Waals surface area contributed by atoms with E-state index in [1.54, 1.807) is 13.8 Å². The minimum absolute atomic E-state index is 0.0565. The summed E-state index contributed by atoms with van der Waals surface area (Å²) in [7, 11) is 0. The Labute approximate surface area is 174 Å². The van der Waals surface area contributed by atoms with Crippen molar-refractivity contribution in [1.82, 2.24) is 10.6 Å². The number of carbonyl (C=O) groups excluding carboxylic acids is 2. The van der Waals surface area contributed by atoms with Crippen LogP contribution in [0.15, 0.2) is 0 Å². The van der Waals surface area contributed by atoms with Gasteiger partial charge in [0.1, 0.15) is 11.4 Å². The quantitative estimate of drug-likeness (QED) is 0.340. The fourth-order valence-corrected chi connectivity index (χ4v) is 3.48. The normalized spacial score (nSPS) is 21.0. The van der Waals surface area contributed by atoms with Gasteiger partial charge in [-0.1, -0.05) is 13.8 Å². The molecule has 10 nitrogen and oxygen atoms in total. The van der Waals surface area contributed by atoms with E-state index < -0.39 is 40.9 Å². The van der Waals surface area contributed by atoms with Crippen LogP contribution in [0.2, 0.25) is 0 Å². The molecule has 0 saturated carbocycles. The van der Waals surface area contributed by atoms with Gasteiger partial charge in [0, 0.05) is 30.7 Å². The summed E-state index contributed by atoms with van der Waals surface area (Å²) >= 11 is 0.954. The molecule has 1 saturated heterocycles. The summed E-state index contributed by atoms with van der Waals surface area (Å²) in [5.41, 5.74) is -0.504. The SMILES string of the molecule is CC1(C)OCC(C)(C)[C@H](C(=O)NCCC(=O)NCCSC(CC(=O)O)C(=O)O)O1. The number of carboxylic acids is 2. The Morgan fingerprint density at radius 2 is 1.76 bits per heavy atom. The van der Waals surface area contributed by atoms with Crippen LogP contribution in [0.1, 0.15) is 40.5 Å². The smallest absolute Gasteiger partial charge is 0.317 e. The van der Waals surface area contributed by atoms with E-state index in [4.69, 9.17) is 19.7 Å². The molecule has 1 aliphatic heterocycles. The maximum absolute atomic E-state index is 12.4. The van der Waals surface area contributed by atoms with Gasteiger partial charge in [-0.2, -0.15) is 0 Å². The fraction of sp³-hybridized carbons (Fsp3) is 0.778. The Morgan fingerprint density at radius 1 is 1.10 bits per heavy atom. The van der Waals surface area contributed by atoms with Crippen LogP contribution in [0.25, 0.3) is 0 Å². The molecule has 0 bridgehead atoms. The molecule has 29 heavy (non-hydrogen) atoms. The molecule has 1 rings (SSSR count). The average Bonchev–Trinajstić information content (AvgIpc) is 2.59. The first-order chi connectivity index (χ1) is 13.3. The molecule has 0 spiro atoms. The van der Waals surface area contributed by atoms with E-state index in [0.717, 1.165) is 11.8 Å². The van der Waals surface area contributed by atoms with Crippen LogP contribution in [0, 0.1) is 5.41 Å². The molecule has 1 unspecified atom stereocenters. The number of hydrogen-bond donors (Lipinski definition) is 4. The van der Waals surface area contributed by atoms with Crippen LogP contribution in [0.4, 0.5) is 0 Å². The number of amides is 2. The average molecular weight is 435 g/mol. The number of carboxylic acid groups (broad SMARTS) is 2. The van der Waals surface area contributed by atoms with Crippen LogP contribution in [0.3, 0.4) is 0 Å². The number of hydrogen-bond acceptors (Lipinski definition) is 7. The van der Waals surface area contributed by atoms with Crippen molar-refractivity contribution in [3.05, 3.63) is 0 Å². The van der Waals surface area contributed by atoms with Crippen molar-refractivity contribution in [2.24, 2.45) is 5.41 Å². The van der Waals surface area contributed by atoms with Crippen molar-refractivity contribution in [2.75, 3.05) is 25.4 Å². The second-order valence-corrected chi connectivity index (χ2v) is 9.17. The van der Waals surface area contributed by atoms with Gasteiger partial charge in [-0.05, 0) is 13.8 Å². The summed E-state index contributed by atoms with van der Waals surface area (Å²) in [5, 5.41) is 21.9. The molecule has 0 aromatic carbocycles. The van der Waals surface area contributed by atoms with E-state index in [1.807, 2.05) is 13.8 Å². The largest absolute Gasteiger partial charge is 0.481 e. The second kappa shape index (κ2) is 10.8. The molecule has 1 heterocycles. The number of aliphatic carboxylic acids is 2. The summed E-state index contributed by atoms with van der Waals surface area (Å²) in [4.78, 5) is 45.9. The highest BCUT2D eigenvalue weighted by Gasteiger charge is 2.45. The fourth-order valence-electron chi connectivity index (χ4n) is 2.57. The summed E-state index contributed by atoms with van der Waals surface area (Å²) in [5.74, 6) is -3.60. The van der Waals surface area contributed by atoms with E-state index in [2.05, 4.69) is 10.6 Å². The number of carbonyl (C=O) groups is 4. The summed E-state index contributed by atoms with van der Waals surface area (Å²) in [6.07, 6.45) is -1.13. The van der Waals surface area contributed by atoms with Crippen LogP contribution in [-0.2, 0) is 28.7 Å². The zero-order valence-electron chi connectivity index (χ0n) is 17.1. The van der Waals surface area contributed by atoms with E-state index >= 15 is 0 Å². The zero-order valence-corrected chi connectivity index (χ0v) is 18.0. The third kappa shape index (κ3) is 9.01. The summed E-state index contributed by atoms with van der Waals surface area (Å²) in [6.45, 7) is 7.91. The lowest BCUT2D eigenvalue weighted by Crippen LogP contribution is -2.56. The third-order valence-corrected chi connectivity index (χ3v) is 5.38. The number of nitrogens with one attached hydrogen (secondary N) is 2. The first-order valence-electron chi connectivity index (χ1n) is 9.26. The first kappa shape index (κ1) is 25.2. The Bertz CT molecular complexity index is 623. The van der Waals surface area contributed by atoms with Gasteiger partial charge in [0.25, 0.3) is 0 Å². The highest BCUT2D eigenvalue weighted by molar-refractivity contribution is 8.00. The summed E-state index contributed by atoms with van der Waals surface area (Å²) in [6, 6.07) is 0. The van der Waals surface area contributed by atoms with Gasteiger partial charge < -0.3 is 30.3 Å². The standard InChI is InChI=1S/C18H30N2O8S/c1-17(2)10-27-18(3,4)28-14(17)15(24)20-6-5-12(21)19-7-8-29-11(16(25)26)9-13(22)23/h11,14H,5-10H2,1-4H3,(H,19,21)(H,20,24)(H,22,23)(H,25,26)/t11?,14-/m0/s1. The first-order valence-corrected chi connectivity index (χ1v) is 10.3. The van der Waals surface area contributed by atoms with Crippen molar-refractivity contribution < 1.29 is 38.9 Å². The molecule has 2 atom stereocenters. The minimum atomic E-state index is -1.20. The lowest BCUT2D eigenvalue weighted by molar-refractivity contribution is -0.304. The molecule has 166 valence electrons. The van der Waals surface area contributed by atoms with Crippen molar-refractivity contribution in [3.63, 3.8) is 0 Å². The van der Waals surface area contributed by atoms with Crippen LogP contribution in [-0.4, -0.2) is 76.6 Å². The minimum Gasteiger partial charge on any atom is -0.481 e. The lowest BCUT2D eigenvalue weighted by atomic mass is 9.85. The number of rotatable bonds is 11. The van der Waals surface area contributed by atoms with Gasteiger partial charge in [0.15, 0.2) is 5.79 Å². The molecule has 0 aromatic heterocycles. The summed E-state index contributed by atoms with van der Waals surface area (Å²) < 4.78 is 11.3. The zero-order chi connectivity index (χ0) is 22.2. The van der Waals surface area contributed by atoms with Crippen LogP contribution < -0.4 is 10.6 Å². The predicted octanol–water partition coefficient (Wildman–Crippen LogP) is 0.448. The van der Waals surface area contributed by atoms with Crippen LogP contribution >= 0.6 is 11.8 Å². The molecule has 2 amide bonds. The molecule has 1 aliphatic rings. The molecule has 1 fully saturated rings. The van der Waals surface area contributed by atoms with Gasteiger partial charge in [-0.15, -0.1) is 11.8 Å². The monoisotopic (exact) mass is 434 g/mol. The highest BCUT2D eigenvalue weighted by atomic mass is 32.2. The Balaban J connectivity index is 2.30. The van der Waals surface area contributed by atoms with Gasteiger partial charge in [0.05, 0.1) is 13.0 Å². The molecular formula is C18H30N2O8S. The Kier molecular flexibility index (Phi) is 9.37. The van der Waals surface area contributed by atoms with Crippen LogP contribution in [0.5, 0.6) is 0 Å². The van der Waals surface area contributed by atoms with Crippen molar-refractivity contribution in [1.29, 1.82) is 0 Å². The Morgan fingerprint density at radius 3 is 2.34 bits per heavy atom. The second-order valence-electron chi connectivity index (χ2n) is 7.86. The molecule has 0 aliphatic carbocycles. The predicted molar refractivity (Wildman–Crippen MR) is 105 cm³/mol. The van der Waals surface area contributed by atoms with E-state index in [1.165, 1.54) is 0 Å². The maximum Gasteiger partial charge on any atom is 0.317 e. The van der Waals surface area contributed by atoms with Crippen molar-refractivity contribution >= 4 is 35.5 Å². The highest BCUT2D eigenvalue weighted by Crippen LogP contribution is 2.34. The molecule has 0 aromatic rings. The number of thioether (sulfide) groups is 1. The van der Waals surface area contributed by atoms with E-state index in [0.29, 0.717) is 6.61 Å². The molecule has 0 radical (unpaired) electrons. The van der Waals surface area contributed by atoms with Gasteiger partial charge >= 0.3 is 11.9 Å². The molecule has 11 heteroatoms. The lowest BCUT2D eigenvalue weighted by Gasteiger charge is -2.44. The van der Waals surface area contributed by atoms with E-state index in [-0.39, 0.29) is 37.1 Å². The van der Waals surface area contributed by atoms with E-state index in [9.17, 15) is 19.2 Å². The topological polar surface area (TPSA) is 151 Å². The van der Waals surface area contributed by atoms with Crippen molar-refractivity contribution in [3.8, 4) is 0 Å². The Hall–Kier alpha value is -1.85. The van der Waals surface area contributed by atoms with Gasteiger partial charge in [0.2, 0.25) is 11.8 Å². The molecular weight excluding hydrogens is 404 g/mol. The van der Waals surface area contributed by atoms with Crippen molar-refractivity contribution in [2.45, 2.75) is 57.7 Å².